The second-order valence-corrected chi connectivity index (χ2v) is 6.05. The van der Waals surface area contributed by atoms with Crippen LogP contribution < -0.4 is 10.6 Å². The molecule has 1 unspecified atom stereocenters. The molecule has 6 nitrogen and oxygen atoms in total. The summed E-state index contributed by atoms with van der Waals surface area (Å²) in [5, 5.41) is 14.2. The standard InChI is InChI=1S/C15H28N2O4/c1-11(2)10-13(14(18)19)17-15(20)16-8-9-21-12-6-4-3-5-7-12/h11-13H,3-10H2,1-2H3,(H,18,19)(H2,16,17,20). The first-order valence-electron chi connectivity index (χ1n) is 7.87. The van der Waals surface area contributed by atoms with E-state index in [9.17, 15) is 9.59 Å². The van der Waals surface area contributed by atoms with E-state index in [2.05, 4.69) is 10.6 Å². The first-order chi connectivity index (χ1) is 9.99. The van der Waals surface area contributed by atoms with Crippen LogP contribution in [0, 0.1) is 5.92 Å². The normalized spacial score (nSPS) is 17.5. The molecule has 1 aliphatic carbocycles. The summed E-state index contributed by atoms with van der Waals surface area (Å²) in [6.45, 7) is 4.72. The van der Waals surface area contributed by atoms with Crippen LogP contribution in [0.2, 0.25) is 0 Å². The Morgan fingerprint density at radius 2 is 1.90 bits per heavy atom. The SMILES string of the molecule is CC(C)CC(NC(=O)NCCOC1CCCCC1)C(=O)O. The van der Waals surface area contributed by atoms with E-state index in [1.807, 2.05) is 13.8 Å². The van der Waals surface area contributed by atoms with Crippen molar-refractivity contribution < 1.29 is 19.4 Å². The Morgan fingerprint density at radius 1 is 1.24 bits per heavy atom. The fraction of sp³-hybridized carbons (Fsp3) is 0.867. The molecule has 0 aromatic carbocycles. The number of aliphatic carboxylic acids is 1. The lowest BCUT2D eigenvalue weighted by molar-refractivity contribution is -0.139. The zero-order valence-corrected chi connectivity index (χ0v) is 13.1. The fourth-order valence-electron chi connectivity index (χ4n) is 2.52. The second-order valence-electron chi connectivity index (χ2n) is 6.05. The van der Waals surface area contributed by atoms with E-state index in [0.717, 1.165) is 12.8 Å². The van der Waals surface area contributed by atoms with Crippen LogP contribution >= 0.6 is 0 Å². The highest BCUT2D eigenvalue weighted by Crippen LogP contribution is 2.19. The van der Waals surface area contributed by atoms with Crippen molar-refractivity contribution in [2.45, 2.75) is 64.5 Å². The number of rotatable bonds is 8. The molecule has 0 heterocycles. The molecule has 1 fully saturated rings. The number of carbonyl (C=O) groups excluding carboxylic acids is 1. The maximum atomic E-state index is 11.6. The van der Waals surface area contributed by atoms with E-state index in [0.29, 0.717) is 25.7 Å². The quantitative estimate of drug-likeness (QED) is 0.599. The highest BCUT2D eigenvalue weighted by Gasteiger charge is 2.20. The van der Waals surface area contributed by atoms with Gasteiger partial charge in [0, 0.05) is 6.54 Å². The van der Waals surface area contributed by atoms with Crippen molar-refractivity contribution in [3.05, 3.63) is 0 Å². The van der Waals surface area contributed by atoms with Crippen molar-refractivity contribution in [1.29, 1.82) is 0 Å². The second kappa shape index (κ2) is 9.60. The molecule has 1 rings (SSSR count). The Bertz CT molecular complexity index is 328. The smallest absolute Gasteiger partial charge is 0.326 e. The molecule has 0 aromatic heterocycles. The highest BCUT2D eigenvalue weighted by atomic mass is 16.5. The van der Waals surface area contributed by atoms with Gasteiger partial charge in [-0.25, -0.2) is 9.59 Å². The van der Waals surface area contributed by atoms with Crippen LogP contribution in [0.25, 0.3) is 0 Å². The van der Waals surface area contributed by atoms with Gasteiger partial charge in [-0.2, -0.15) is 0 Å². The molecule has 21 heavy (non-hydrogen) atoms. The molecular formula is C15H28N2O4. The van der Waals surface area contributed by atoms with Crippen LogP contribution in [0.1, 0.15) is 52.4 Å². The lowest BCUT2D eigenvalue weighted by atomic mass is 9.98. The van der Waals surface area contributed by atoms with Gasteiger partial charge in [-0.15, -0.1) is 0 Å². The Morgan fingerprint density at radius 3 is 2.48 bits per heavy atom. The fourth-order valence-corrected chi connectivity index (χ4v) is 2.52. The third-order valence-electron chi connectivity index (χ3n) is 3.60. The van der Waals surface area contributed by atoms with Crippen molar-refractivity contribution >= 4 is 12.0 Å². The predicted octanol–water partition coefficient (Wildman–Crippen LogP) is 2.13. The van der Waals surface area contributed by atoms with Gasteiger partial charge >= 0.3 is 12.0 Å². The third-order valence-corrected chi connectivity index (χ3v) is 3.60. The number of carboxylic acid groups (broad SMARTS) is 1. The summed E-state index contributed by atoms with van der Waals surface area (Å²) in [5.74, 6) is -0.793. The van der Waals surface area contributed by atoms with Gasteiger partial charge in [0.1, 0.15) is 6.04 Å². The van der Waals surface area contributed by atoms with Gasteiger partial charge in [-0.3, -0.25) is 0 Å². The zero-order chi connectivity index (χ0) is 15.7. The number of hydrogen-bond donors (Lipinski definition) is 3. The first-order valence-corrected chi connectivity index (χ1v) is 7.87. The maximum Gasteiger partial charge on any atom is 0.326 e. The molecule has 0 spiro atoms. The molecule has 122 valence electrons. The number of carboxylic acids is 1. The van der Waals surface area contributed by atoms with Crippen LogP contribution in [-0.4, -0.2) is 42.4 Å². The molecule has 1 atom stereocenters. The summed E-state index contributed by atoms with van der Waals surface area (Å²) in [6, 6.07) is -1.29. The molecule has 0 bridgehead atoms. The summed E-state index contributed by atoms with van der Waals surface area (Å²) in [6.07, 6.45) is 6.65. The molecule has 0 aromatic rings. The molecule has 1 aliphatic rings. The largest absolute Gasteiger partial charge is 0.480 e. The van der Waals surface area contributed by atoms with Crippen LogP contribution in [0.4, 0.5) is 4.79 Å². The van der Waals surface area contributed by atoms with Crippen LogP contribution in [0.5, 0.6) is 0 Å². The average Bonchev–Trinajstić information content (AvgIpc) is 2.43. The van der Waals surface area contributed by atoms with E-state index in [4.69, 9.17) is 9.84 Å². The van der Waals surface area contributed by atoms with Crippen LogP contribution in [0.3, 0.4) is 0 Å². The van der Waals surface area contributed by atoms with Crippen molar-refractivity contribution in [3.63, 3.8) is 0 Å². The van der Waals surface area contributed by atoms with Gasteiger partial charge in [0.25, 0.3) is 0 Å². The third kappa shape index (κ3) is 7.90. The number of hydrogen-bond acceptors (Lipinski definition) is 3. The van der Waals surface area contributed by atoms with Gasteiger partial charge in [-0.1, -0.05) is 33.1 Å². The minimum atomic E-state index is -1.00. The number of amides is 2. The van der Waals surface area contributed by atoms with Crippen molar-refractivity contribution in [1.82, 2.24) is 10.6 Å². The number of carbonyl (C=O) groups is 2. The summed E-state index contributed by atoms with van der Waals surface area (Å²) in [5.41, 5.74) is 0. The zero-order valence-electron chi connectivity index (χ0n) is 13.1. The van der Waals surface area contributed by atoms with Crippen LogP contribution in [-0.2, 0) is 9.53 Å². The molecule has 3 N–H and O–H groups in total. The monoisotopic (exact) mass is 300 g/mol. The number of urea groups is 1. The van der Waals surface area contributed by atoms with Gasteiger partial charge in [0.2, 0.25) is 0 Å². The minimum Gasteiger partial charge on any atom is -0.480 e. The minimum absolute atomic E-state index is 0.209. The summed E-state index contributed by atoms with van der Waals surface area (Å²) in [4.78, 5) is 22.7. The van der Waals surface area contributed by atoms with Crippen molar-refractivity contribution in [2.24, 2.45) is 5.92 Å². The molecule has 1 saturated carbocycles. The Kier molecular flexibility index (Phi) is 8.12. The Labute approximate surface area is 126 Å². The van der Waals surface area contributed by atoms with Crippen LogP contribution in [0.15, 0.2) is 0 Å². The average molecular weight is 300 g/mol. The summed E-state index contributed by atoms with van der Waals surface area (Å²) < 4.78 is 5.69. The maximum absolute atomic E-state index is 11.6. The Hall–Kier alpha value is -1.30. The Balaban J connectivity index is 2.15. The molecule has 0 aliphatic heterocycles. The van der Waals surface area contributed by atoms with E-state index in [1.54, 1.807) is 0 Å². The van der Waals surface area contributed by atoms with Gasteiger partial charge < -0.3 is 20.5 Å². The number of ether oxygens (including phenoxy) is 1. The lowest BCUT2D eigenvalue weighted by Crippen LogP contribution is -2.47. The van der Waals surface area contributed by atoms with Crippen molar-refractivity contribution in [3.8, 4) is 0 Å². The van der Waals surface area contributed by atoms with E-state index in [1.165, 1.54) is 19.3 Å². The van der Waals surface area contributed by atoms with Crippen molar-refractivity contribution in [2.75, 3.05) is 13.2 Å². The van der Waals surface area contributed by atoms with E-state index in [-0.39, 0.29) is 5.92 Å². The molecule has 6 heteroatoms. The first kappa shape index (κ1) is 17.8. The predicted molar refractivity (Wildman–Crippen MR) is 80.2 cm³/mol. The summed E-state index contributed by atoms with van der Waals surface area (Å²) in [7, 11) is 0. The summed E-state index contributed by atoms with van der Waals surface area (Å²) >= 11 is 0. The molecule has 0 radical (unpaired) electrons. The molecule has 0 saturated heterocycles. The van der Waals surface area contributed by atoms with Gasteiger partial charge in [0.15, 0.2) is 0 Å². The number of nitrogens with one attached hydrogen (secondary N) is 2. The molecular weight excluding hydrogens is 272 g/mol. The van der Waals surface area contributed by atoms with E-state index >= 15 is 0 Å². The van der Waals surface area contributed by atoms with Gasteiger partial charge in [-0.05, 0) is 25.2 Å². The highest BCUT2D eigenvalue weighted by molar-refractivity contribution is 5.82. The molecule has 2 amide bonds. The van der Waals surface area contributed by atoms with E-state index < -0.39 is 18.0 Å². The topological polar surface area (TPSA) is 87.7 Å². The van der Waals surface area contributed by atoms with Gasteiger partial charge in [0.05, 0.1) is 12.7 Å². The lowest BCUT2D eigenvalue weighted by Gasteiger charge is -2.22.